The van der Waals surface area contributed by atoms with E-state index < -0.39 is 18.1 Å². The van der Waals surface area contributed by atoms with E-state index in [2.05, 4.69) is 25.3 Å². The number of halogens is 3. The van der Waals surface area contributed by atoms with E-state index in [1.807, 2.05) is 25.9 Å². The number of alkyl halides is 3. The maximum Gasteiger partial charge on any atom is 0.573 e. The molecule has 2 N–H and O–H groups in total. The van der Waals surface area contributed by atoms with Crippen LogP contribution in [0, 0.1) is 6.92 Å². The Hall–Kier alpha value is -3.24. The molecule has 1 fully saturated rings. The summed E-state index contributed by atoms with van der Waals surface area (Å²) in [6.07, 6.45) is 0.0168. The number of hydrogen-bond acceptors (Lipinski definition) is 6. The zero-order chi connectivity index (χ0) is 24.9. The van der Waals surface area contributed by atoms with E-state index >= 15 is 0 Å². The van der Waals surface area contributed by atoms with Crippen LogP contribution in [-0.4, -0.2) is 55.1 Å². The number of anilines is 3. The minimum atomic E-state index is -4.84. The van der Waals surface area contributed by atoms with Crippen molar-refractivity contribution in [3.05, 3.63) is 36.0 Å². The summed E-state index contributed by atoms with van der Waals surface area (Å²) in [5.74, 6) is 1.02. The second-order valence-corrected chi connectivity index (χ2v) is 8.50. The summed E-state index contributed by atoms with van der Waals surface area (Å²) < 4.78 is 42.4. The third-order valence-corrected chi connectivity index (χ3v) is 5.70. The van der Waals surface area contributed by atoms with Gasteiger partial charge < -0.3 is 20.3 Å². The standard InChI is InChI=1S/C23H31F3N6O2/c1-5-32(18-8-6-7-9-19(18)34-23(24,25)26)22(33)29-17-12-10-16(11-13-17)28-21-27-14-15(2)20(30-21)31(3)4/h6-9,14,16-17H,5,10-13H2,1-4H3,(H,29,33)(H,27,28,30)/t16-,17+. The van der Waals surface area contributed by atoms with Gasteiger partial charge in [-0.3, -0.25) is 4.90 Å². The molecule has 0 spiro atoms. The van der Waals surface area contributed by atoms with Crippen LogP contribution in [0.15, 0.2) is 30.5 Å². The first-order valence-corrected chi connectivity index (χ1v) is 11.3. The monoisotopic (exact) mass is 480 g/mol. The summed E-state index contributed by atoms with van der Waals surface area (Å²) in [4.78, 5) is 25.0. The Bertz CT molecular complexity index is 977. The molecule has 0 aliphatic heterocycles. The minimum Gasteiger partial charge on any atom is -0.404 e. The molecule has 3 rings (SSSR count). The molecule has 34 heavy (non-hydrogen) atoms. The van der Waals surface area contributed by atoms with Crippen molar-refractivity contribution < 1.29 is 22.7 Å². The topological polar surface area (TPSA) is 82.6 Å². The molecular weight excluding hydrogens is 449 g/mol. The van der Waals surface area contributed by atoms with Crippen LogP contribution >= 0.6 is 0 Å². The average molecular weight is 481 g/mol. The molecule has 1 aliphatic carbocycles. The Morgan fingerprint density at radius 1 is 1.15 bits per heavy atom. The smallest absolute Gasteiger partial charge is 0.404 e. The first kappa shape index (κ1) is 25.4. The Morgan fingerprint density at radius 2 is 1.79 bits per heavy atom. The molecule has 1 saturated carbocycles. The first-order chi connectivity index (χ1) is 16.1. The molecule has 2 aromatic rings. The second kappa shape index (κ2) is 10.8. The van der Waals surface area contributed by atoms with Crippen LogP contribution < -0.4 is 25.2 Å². The number of urea groups is 1. The Labute approximate surface area is 197 Å². The maximum absolute atomic E-state index is 12.9. The zero-order valence-corrected chi connectivity index (χ0v) is 19.8. The van der Waals surface area contributed by atoms with E-state index in [9.17, 15) is 18.0 Å². The number of carbonyl (C=O) groups excluding carboxylic acids is 1. The second-order valence-electron chi connectivity index (χ2n) is 8.50. The summed E-state index contributed by atoms with van der Waals surface area (Å²) in [5.41, 5.74) is 1.06. The number of rotatable bonds is 7. The number of para-hydroxylation sites is 2. The Kier molecular flexibility index (Phi) is 8.06. The number of aryl methyl sites for hydroxylation is 1. The van der Waals surface area contributed by atoms with Gasteiger partial charge in [0.15, 0.2) is 5.75 Å². The molecule has 1 aromatic heterocycles. The fourth-order valence-electron chi connectivity index (χ4n) is 4.09. The highest BCUT2D eigenvalue weighted by Gasteiger charge is 2.33. The molecule has 0 unspecified atom stereocenters. The van der Waals surface area contributed by atoms with Gasteiger partial charge in [-0.1, -0.05) is 12.1 Å². The highest BCUT2D eigenvalue weighted by atomic mass is 19.4. The normalized spacial score (nSPS) is 18.2. The lowest BCUT2D eigenvalue weighted by molar-refractivity contribution is -0.274. The molecule has 2 amide bonds. The number of amides is 2. The molecule has 8 nitrogen and oxygen atoms in total. The van der Waals surface area contributed by atoms with E-state index in [1.54, 1.807) is 19.2 Å². The molecule has 0 saturated heterocycles. The lowest BCUT2D eigenvalue weighted by Gasteiger charge is -2.32. The van der Waals surface area contributed by atoms with Crippen LogP contribution in [0.5, 0.6) is 5.75 Å². The van der Waals surface area contributed by atoms with Crippen LogP contribution in [-0.2, 0) is 0 Å². The van der Waals surface area contributed by atoms with Crippen LogP contribution in [0.3, 0.4) is 0 Å². The summed E-state index contributed by atoms with van der Waals surface area (Å²) >= 11 is 0. The van der Waals surface area contributed by atoms with Crippen LogP contribution in [0.25, 0.3) is 0 Å². The van der Waals surface area contributed by atoms with Crippen LogP contribution in [0.1, 0.15) is 38.2 Å². The van der Waals surface area contributed by atoms with Crippen molar-refractivity contribution in [2.45, 2.75) is 58.0 Å². The Morgan fingerprint density at radius 3 is 2.41 bits per heavy atom. The predicted molar refractivity (Wildman–Crippen MR) is 125 cm³/mol. The summed E-state index contributed by atoms with van der Waals surface area (Å²) in [6, 6.07) is 5.29. The highest BCUT2D eigenvalue weighted by Crippen LogP contribution is 2.33. The van der Waals surface area contributed by atoms with E-state index in [0.717, 1.165) is 37.1 Å². The van der Waals surface area contributed by atoms with Gasteiger partial charge in [-0.25, -0.2) is 9.78 Å². The molecule has 1 aliphatic rings. The van der Waals surface area contributed by atoms with Crippen molar-refractivity contribution >= 4 is 23.5 Å². The quantitative estimate of drug-likeness (QED) is 0.597. The van der Waals surface area contributed by atoms with Gasteiger partial charge in [-0.2, -0.15) is 4.98 Å². The highest BCUT2D eigenvalue weighted by molar-refractivity contribution is 5.93. The van der Waals surface area contributed by atoms with Gasteiger partial charge in [-0.05, 0) is 51.7 Å². The van der Waals surface area contributed by atoms with E-state index in [-0.39, 0.29) is 24.3 Å². The van der Waals surface area contributed by atoms with Crippen molar-refractivity contribution in [2.24, 2.45) is 0 Å². The Balaban J connectivity index is 1.58. The molecule has 11 heteroatoms. The number of ether oxygens (including phenoxy) is 1. The fraction of sp³-hybridized carbons (Fsp3) is 0.522. The van der Waals surface area contributed by atoms with Crippen molar-refractivity contribution in [1.29, 1.82) is 0 Å². The van der Waals surface area contributed by atoms with Gasteiger partial charge in [-0.15, -0.1) is 13.2 Å². The van der Waals surface area contributed by atoms with Gasteiger partial charge in [0.25, 0.3) is 0 Å². The molecule has 1 heterocycles. The van der Waals surface area contributed by atoms with E-state index in [0.29, 0.717) is 5.95 Å². The number of carbonyl (C=O) groups is 1. The summed E-state index contributed by atoms with van der Waals surface area (Å²) in [5, 5.41) is 6.33. The summed E-state index contributed by atoms with van der Waals surface area (Å²) in [7, 11) is 3.86. The summed E-state index contributed by atoms with van der Waals surface area (Å²) in [6.45, 7) is 3.86. The van der Waals surface area contributed by atoms with E-state index in [1.165, 1.54) is 23.1 Å². The van der Waals surface area contributed by atoms with Crippen molar-refractivity contribution in [3.8, 4) is 5.75 Å². The van der Waals surface area contributed by atoms with Gasteiger partial charge in [0.1, 0.15) is 5.82 Å². The molecule has 0 atom stereocenters. The van der Waals surface area contributed by atoms with Gasteiger partial charge in [0.2, 0.25) is 5.95 Å². The SMILES string of the molecule is CCN(C(=O)N[C@H]1CC[C@@H](Nc2ncc(C)c(N(C)C)n2)CC1)c1ccccc1OC(F)(F)F. The number of benzene rings is 1. The molecule has 0 bridgehead atoms. The molecule has 0 radical (unpaired) electrons. The minimum absolute atomic E-state index is 0.0726. The molecule has 1 aromatic carbocycles. The maximum atomic E-state index is 12.9. The van der Waals surface area contributed by atoms with Gasteiger partial charge in [0, 0.05) is 44.5 Å². The lowest BCUT2D eigenvalue weighted by Crippen LogP contribution is -2.47. The zero-order valence-electron chi connectivity index (χ0n) is 19.8. The van der Waals surface area contributed by atoms with Crippen molar-refractivity contribution in [1.82, 2.24) is 15.3 Å². The number of nitrogens with one attached hydrogen (secondary N) is 2. The van der Waals surface area contributed by atoms with Gasteiger partial charge >= 0.3 is 12.4 Å². The lowest BCUT2D eigenvalue weighted by atomic mass is 9.91. The van der Waals surface area contributed by atoms with Crippen LogP contribution in [0.2, 0.25) is 0 Å². The number of aromatic nitrogens is 2. The first-order valence-electron chi connectivity index (χ1n) is 11.3. The molecule has 186 valence electrons. The van der Waals surface area contributed by atoms with E-state index in [4.69, 9.17) is 0 Å². The van der Waals surface area contributed by atoms with Gasteiger partial charge in [0.05, 0.1) is 5.69 Å². The number of hydrogen-bond donors (Lipinski definition) is 2. The average Bonchev–Trinajstić information content (AvgIpc) is 2.77. The third-order valence-electron chi connectivity index (χ3n) is 5.70. The third kappa shape index (κ3) is 6.64. The predicted octanol–water partition coefficient (Wildman–Crippen LogP) is 4.71. The van der Waals surface area contributed by atoms with Crippen molar-refractivity contribution in [3.63, 3.8) is 0 Å². The van der Waals surface area contributed by atoms with Crippen LogP contribution in [0.4, 0.5) is 35.4 Å². The fourth-order valence-corrected chi connectivity index (χ4v) is 4.09. The van der Waals surface area contributed by atoms with Crippen molar-refractivity contribution in [2.75, 3.05) is 35.8 Å². The number of nitrogens with zero attached hydrogens (tertiary/aromatic N) is 4. The largest absolute Gasteiger partial charge is 0.573 e. The molecular formula is C23H31F3N6O2.